The molecule has 0 aliphatic carbocycles. The van der Waals surface area contributed by atoms with Crippen LogP contribution >= 0.6 is 15.9 Å². The van der Waals surface area contributed by atoms with Crippen LogP contribution in [-0.2, 0) is 0 Å². The summed E-state index contributed by atoms with van der Waals surface area (Å²) in [7, 11) is 31.8. The van der Waals surface area contributed by atoms with E-state index in [1.807, 2.05) is 49.1 Å². The van der Waals surface area contributed by atoms with Crippen LogP contribution in [-0.4, -0.2) is 115 Å². The Morgan fingerprint density at radius 2 is 1.14 bits per heavy atom. The van der Waals surface area contributed by atoms with Gasteiger partial charge in [0.2, 0.25) is 0 Å². The number of aromatic nitrogens is 6. The number of benzene rings is 2. The molecule has 0 fully saturated rings. The largest absolute Gasteiger partial charge is 0.493 e. The number of halogens is 1. The SMILES string of the molecule is Brc1ccc2c(c1)/C(=C/c1cnc[nH]1)CCO2.C.C(=C1/CCOc2ccc(-c3cncnc3)cc21)/c1cnc[nH]1.[B]B([B])B(B([B])[B])B([B])[B]. The number of hydrogen-bond donors (Lipinski definition) is 2. The van der Waals surface area contributed by atoms with Crippen LogP contribution in [0.4, 0.5) is 0 Å². The van der Waals surface area contributed by atoms with Crippen LogP contribution in [0, 0.1) is 0 Å². The van der Waals surface area contributed by atoms with E-state index in [1.165, 1.54) is 17.5 Å². The van der Waals surface area contributed by atoms with Crippen molar-refractivity contribution in [3.8, 4) is 22.6 Å². The monoisotopic (exact) mass is 706 g/mol. The molecule has 5 aromatic rings. The minimum absolute atomic E-state index is 0. The third-order valence-corrected chi connectivity index (χ3v) is 8.29. The average Bonchev–Trinajstić information content (AvgIpc) is 3.80. The fraction of sp³-hybridized carbons (Fsp3) is 0.161. The molecule has 50 heavy (non-hydrogen) atoms. The quantitative estimate of drug-likeness (QED) is 0.263. The number of H-pyrrole nitrogens is 2. The molecule has 2 aliphatic heterocycles. The lowest BCUT2D eigenvalue weighted by atomic mass is 8.58. The number of rotatable bonds is 6. The lowest BCUT2D eigenvalue weighted by Gasteiger charge is -2.23. The highest BCUT2D eigenvalue weighted by atomic mass is 79.9. The zero-order valence-electron chi connectivity index (χ0n) is 26.7. The molecular weight excluding hydrogens is 676 g/mol. The van der Waals surface area contributed by atoms with E-state index in [0.717, 1.165) is 69.1 Å². The number of nitrogens with one attached hydrogen (secondary N) is 2. The smallest absolute Gasteiger partial charge is 0.126 e. The molecule has 2 N–H and O–H groups in total. The lowest BCUT2D eigenvalue weighted by Crippen LogP contribution is -2.62. The molecule has 0 saturated carbocycles. The summed E-state index contributed by atoms with van der Waals surface area (Å²) in [5.41, 5.74) is 8.88. The fourth-order valence-corrected chi connectivity index (χ4v) is 5.72. The second kappa shape index (κ2) is 18.9. The molecule has 0 amide bonds. The first-order valence-corrected chi connectivity index (χ1v) is 16.4. The highest BCUT2D eigenvalue weighted by Crippen LogP contribution is 2.37. The summed E-state index contributed by atoms with van der Waals surface area (Å²) in [4.78, 5) is 22.4. The average molecular weight is 706 g/mol. The van der Waals surface area contributed by atoms with Gasteiger partial charge in [0, 0.05) is 118 Å². The molecule has 2 aliphatic rings. The highest BCUT2D eigenvalue weighted by Gasteiger charge is 2.24. The Hall–Kier alpha value is -3.85. The van der Waals surface area contributed by atoms with Crippen molar-refractivity contribution in [2.45, 2.75) is 20.3 Å². The molecule has 0 bridgehead atoms. The molecule has 0 spiro atoms. The first kappa shape index (κ1) is 38.9. The lowest BCUT2D eigenvalue weighted by molar-refractivity contribution is 0.316. The molecule has 0 saturated heterocycles. The van der Waals surface area contributed by atoms with E-state index in [9.17, 15) is 0 Å². The third-order valence-electron chi connectivity index (χ3n) is 7.80. The van der Waals surface area contributed by atoms with Crippen molar-refractivity contribution in [1.29, 1.82) is 0 Å². The van der Waals surface area contributed by atoms with Crippen LogP contribution in [0.25, 0.3) is 34.4 Å². The zero-order chi connectivity index (χ0) is 34.8. The molecule has 5 heterocycles. The Kier molecular flexibility index (Phi) is 14.8. The predicted octanol–water partition coefficient (Wildman–Crippen LogP) is 3.51. The number of imidazole rings is 2. The van der Waals surface area contributed by atoms with Crippen LogP contribution in [0.1, 0.15) is 42.8 Å². The van der Waals surface area contributed by atoms with Crippen molar-refractivity contribution in [2.75, 3.05) is 13.2 Å². The summed E-state index contributed by atoms with van der Waals surface area (Å²) in [5, 5.41) is 0. The standard InChI is InChI=1S/C17H14N4O.C13H11BrN2O.CH4.B10/c1-2-17-16(6-12(1)14-7-18-10-19-8-14)13(3-4-22-17)5-15-9-20-11-21-15;14-10-1-2-13-12(6-10)9(3-4-17-13)5-11-7-15-8-16-11;;1-7(2)10(8(3)4)9(5)6/h1-2,5-11H,3-4H2,(H,20,21);1-2,5-8H,3-4H2,(H,15,16);1H4;/b13-5+;9-5+;;. The van der Waals surface area contributed by atoms with Gasteiger partial charge in [-0.25, -0.2) is 19.9 Å². The Morgan fingerprint density at radius 1 is 0.640 bits per heavy atom. The topological polar surface area (TPSA) is 102 Å². The van der Waals surface area contributed by atoms with Crippen molar-refractivity contribution in [3.05, 3.63) is 107 Å². The molecule has 0 unspecified atom stereocenters. The molecule has 3 aromatic heterocycles. The second-order valence-corrected chi connectivity index (χ2v) is 12.3. The van der Waals surface area contributed by atoms with Gasteiger partial charge in [0.15, 0.2) is 0 Å². The second-order valence-electron chi connectivity index (χ2n) is 11.3. The van der Waals surface area contributed by atoms with Crippen LogP contribution < -0.4 is 9.47 Å². The number of nitrogens with zero attached hydrogens (tertiary/aromatic N) is 4. The van der Waals surface area contributed by atoms with Crippen molar-refractivity contribution in [3.63, 3.8) is 0 Å². The maximum absolute atomic E-state index is 5.77. The van der Waals surface area contributed by atoms with Gasteiger partial charge in [0.05, 0.1) is 49.6 Å². The number of ether oxygens (including phenoxy) is 2. The van der Waals surface area contributed by atoms with E-state index in [2.05, 4.69) is 70.1 Å². The molecule has 0 atom stereocenters. The van der Waals surface area contributed by atoms with Crippen LogP contribution in [0.3, 0.4) is 0 Å². The Morgan fingerprint density at radius 3 is 1.60 bits per heavy atom. The molecule has 19 heteroatoms. The number of hydrogen-bond acceptors (Lipinski definition) is 6. The van der Waals surface area contributed by atoms with E-state index in [0.29, 0.717) is 6.61 Å². The Bertz CT molecular complexity index is 1830. The predicted molar refractivity (Wildman–Crippen MR) is 219 cm³/mol. The van der Waals surface area contributed by atoms with Crippen LogP contribution in [0.15, 0.2) is 84.6 Å². The normalized spacial score (nSPS) is 14.1. The molecule has 12 radical (unpaired) electrons. The molecular formula is C31H29B10BrN6O2. The summed E-state index contributed by atoms with van der Waals surface area (Å²) in [6, 6.07) is 12.3. The van der Waals surface area contributed by atoms with Gasteiger partial charge < -0.3 is 19.4 Å². The first-order valence-electron chi connectivity index (χ1n) is 15.6. The molecule has 8 nitrogen and oxygen atoms in total. The number of fused-ring (bicyclic) bond motifs is 2. The van der Waals surface area contributed by atoms with Gasteiger partial charge in [-0.2, -0.15) is 0 Å². The van der Waals surface area contributed by atoms with Gasteiger partial charge in [-0.05, 0) is 59.2 Å². The highest BCUT2D eigenvalue weighted by molar-refractivity contribution is 9.10. The van der Waals surface area contributed by atoms with E-state index in [-0.39, 0.29) is 7.43 Å². The summed E-state index contributed by atoms with van der Waals surface area (Å²) >= 11 is 3.49. The van der Waals surface area contributed by atoms with Crippen molar-refractivity contribution < 1.29 is 9.47 Å². The molecule has 7 rings (SSSR count). The maximum Gasteiger partial charge on any atom is 0.126 e. The van der Waals surface area contributed by atoms with Gasteiger partial charge in [-0.3, -0.25) is 0 Å². The van der Waals surface area contributed by atoms with Crippen molar-refractivity contribution >= 4 is 111 Å². The van der Waals surface area contributed by atoms with Gasteiger partial charge in [-0.1, -0.05) is 29.4 Å². The van der Waals surface area contributed by atoms with Crippen molar-refractivity contribution in [1.82, 2.24) is 29.9 Å². The van der Waals surface area contributed by atoms with Gasteiger partial charge >= 0.3 is 0 Å². The van der Waals surface area contributed by atoms with Gasteiger partial charge in [0.25, 0.3) is 0 Å². The van der Waals surface area contributed by atoms with Crippen LogP contribution in [0.2, 0.25) is 0 Å². The minimum Gasteiger partial charge on any atom is -0.493 e. The van der Waals surface area contributed by atoms with E-state index in [1.54, 1.807) is 12.7 Å². The van der Waals surface area contributed by atoms with Gasteiger partial charge in [-0.15, -0.1) is 0 Å². The molecule has 2 aromatic carbocycles. The maximum atomic E-state index is 5.77. The zero-order valence-corrected chi connectivity index (χ0v) is 28.3. The van der Waals surface area contributed by atoms with E-state index >= 15 is 0 Å². The van der Waals surface area contributed by atoms with Gasteiger partial charge in [0.1, 0.15) is 17.8 Å². The minimum atomic E-state index is -0.667. The van der Waals surface area contributed by atoms with Crippen LogP contribution in [0.5, 0.6) is 11.5 Å². The summed E-state index contributed by atoms with van der Waals surface area (Å²) in [6.45, 7) is 1.43. The molecule has 232 valence electrons. The third kappa shape index (κ3) is 10.6. The summed E-state index contributed by atoms with van der Waals surface area (Å²) < 4.78 is 12.5. The summed E-state index contributed by atoms with van der Waals surface area (Å²) in [5.74, 6) is 1.86. The fourth-order valence-electron chi connectivity index (χ4n) is 5.36. The first-order chi connectivity index (χ1) is 23.7. The Labute approximate surface area is 312 Å². The van der Waals surface area contributed by atoms with E-state index in [4.69, 9.17) is 55.9 Å². The summed E-state index contributed by atoms with van der Waals surface area (Å²) in [6.07, 6.45) is 15.8. The van der Waals surface area contributed by atoms with E-state index < -0.39 is 25.5 Å². The Balaban J connectivity index is 0.000000180. The van der Waals surface area contributed by atoms with Crippen molar-refractivity contribution in [2.24, 2.45) is 0 Å². The number of aromatic amines is 2.